The van der Waals surface area contributed by atoms with Crippen molar-refractivity contribution in [1.82, 2.24) is 5.32 Å². The van der Waals surface area contributed by atoms with Crippen molar-refractivity contribution in [2.75, 3.05) is 26.8 Å². The Hall–Kier alpha value is -1.22. The van der Waals surface area contributed by atoms with Gasteiger partial charge in [-0.3, -0.25) is 0 Å². The number of hydrogen-bond donors (Lipinski definition) is 1. The third kappa shape index (κ3) is 5.41. The summed E-state index contributed by atoms with van der Waals surface area (Å²) in [6.07, 6.45) is 1.02. The molecule has 1 N–H and O–H groups in total. The summed E-state index contributed by atoms with van der Waals surface area (Å²) >= 11 is 0. The van der Waals surface area contributed by atoms with Crippen molar-refractivity contribution in [2.24, 2.45) is 5.41 Å². The van der Waals surface area contributed by atoms with Crippen molar-refractivity contribution in [3.63, 3.8) is 0 Å². The van der Waals surface area contributed by atoms with E-state index in [4.69, 9.17) is 9.47 Å². The van der Waals surface area contributed by atoms with Crippen LogP contribution in [0.5, 0.6) is 11.5 Å². The number of benzene rings is 1. The van der Waals surface area contributed by atoms with Crippen molar-refractivity contribution in [2.45, 2.75) is 27.2 Å². The fourth-order valence-electron chi connectivity index (χ4n) is 1.66. The van der Waals surface area contributed by atoms with Gasteiger partial charge in [0.15, 0.2) is 0 Å². The van der Waals surface area contributed by atoms with Crippen LogP contribution in [0.2, 0.25) is 0 Å². The Morgan fingerprint density at radius 2 is 1.61 bits per heavy atom. The Bertz CT molecular complexity index is 333. The highest BCUT2D eigenvalue weighted by Gasteiger charge is 2.17. The molecule has 0 aliphatic heterocycles. The van der Waals surface area contributed by atoms with Gasteiger partial charge in [0.25, 0.3) is 0 Å². The maximum atomic E-state index is 5.79. The van der Waals surface area contributed by atoms with E-state index in [9.17, 15) is 0 Å². The molecule has 1 aromatic rings. The van der Waals surface area contributed by atoms with E-state index in [1.54, 1.807) is 0 Å². The Kier molecular flexibility index (Phi) is 5.99. The van der Waals surface area contributed by atoms with Crippen LogP contribution in [0.4, 0.5) is 0 Å². The van der Waals surface area contributed by atoms with E-state index in [0.29, 0.717) is 6.61 Å². The first-order valence-corrected chi connectivity index (χ1v) is 6.57. The highest BCUT2D eigenvalue weighted by molar-refractivity contribution is 5.31. The monoisotopic (exact) mass is 251 g/mol. The molecule has 0 aliphatic carbocycles. The Morgan fingerprint density at radius 1 is 1.06 bits per heavy atom. The van der Waals surface area contributed by atoms with Crippen molar-refractivity contribution < 1.29 is 9.47 Å². The van der Waals surface area contributed by atoms with Gasteiger partial charge in [0.1, 0.15) is 11.5 Å². The molecule has 0 aliphatic rings. The van der Waals surface area contributed by atoms with Gasteiger partial charge < -0.3 is 14.8 Å². The average molecular weight is 251 g/mol. The maximum Gasteiger partial charge on any atom is 0.119 e. The fraction of sp³-hybridized carbons (Fsp3) is 0.600. The highest BCUT2D eigenvalue weighted by atomic mass is 16.5. The van der Waals surface area contributed by atoms with Crippen LogP contribution < -0.4 is 14.8 Å². The molecule has 1 aromatic carbocycles. The van der Waals surface area contributed by atoms with Crippen molar-refractivity contribution >= 4 is 0 Å². The lowest BCUT2D eigenvalue weighted by atomic mass is 9.95. The summed E-state index contributed by atoms with van der Waals surface area (Å²) in [6, 6.07) is 7.83. The minimum atomic E-state index is 0.131. The van der Waals surface area contributed by atoms with E-state index in [-0.39, 0.29) is 5.41 Å². The van der Waals surface area contributed by atoms with Gasteiger partial charge in [0.2, 0.25) is 0 Å². The molecule has 3 nitrogen and oxygen atoms in total. The molecule has 0 bridgehead atoms. The van der Waals surface area contributed by atoms with Crippen LogP contribution in [0.25, 0.3) is 0 Å². The van der Waals surface area contributed by atoms with Crippen molar-refractivity contribution in [3.8, 4) is 11.5 Å². The van der Waals surface area contributed by atoms with Gasteiger partial charge in [-0.1, -0.05) is 20.8 Å². The van der Waals surface area contributed by atoms with Gasteiger partial charge in [0, 0.05) is 12.0 Å². The smallest absolute Gasteiger partial charge is 0.119 e. The van der Waals surface area contributed by atoms with E-state index < -0.39 is 0 Å². The summed E-state index contributed by atoms with van der Waals surface area (Å²) in [4.78, 5) is 0. The number of ether oxygens (including phenoxy) is 2. The van der Waals surface area contributed by atoms with Crippen LogP contribution in [0.1, 0.15) is 27.2 Å². The lowest BCUT2D eigenvalue weighted by Crippen LogP contribution is -2.32. The third-order valence-electron chi connectivity index (χ3n) is 2.58. The summed E-state index contributed by atoms with van der Waals surface area (Å²) < 4.78 is 11.3. The van der Waals surface area contributed by atoms with Gasteiger partial charge in [0.05, 0.1) is 13.2 Å². The predicted molar refractivity (Wildman–Crippen MR) is 75.4 cm³/mol. The zero-order chi connectivity index (χ0) is 13.4. The SMILES string of the molecule is CCCOc1ccc(OCC(C)(C)CNC)cc1. The molecule has 0 radical (unpaired) electrons. The summed E-state index contributed by atoms with van der Waals surface area (Å²) in [5.41, 5.74) is 0.131. The number of rotatable bonds is 8. The molecule has 3 heteroatoms. The van der Waals surface area contributed by atoms with Crippen LogP contribution in [-0.2, 0) is 0 Å². The largest absolute Gasteiger partial charge is 0.494 e. The van der Waals surface area contributed by atoms with Crippen LogP contribution in [0.15, 0.2) is 24.3 Å². The zero-order valence-electron chi connectivity index (χ0n) is 12.0. The summed E-state index contributed by atoms with van der Waals surface area (Å²) in [7, 11) is 1.96. The highest BCUT2D eigenvalue weighted by Crippen LogP contribution is 2.21. The molecule has 102 valence electrons. The quantitative estimate of drug-likeness (QED) is 0.770. The van der Waals surface area contributed by atoms with E-state index >= 15 is 0 Å². The second kappa shape index (κ2) is 7.27. The fourth-order valence-corrected chi connectivity index (χ4v) is 1.66. The summed E-state index contributed by atoms with van der Waals surface area (Å²) in [5, 5.41) is 3.18. The minimum Gasteiger partial charge on any atom is -0.494 e. The molecular weight excluding hydrogens is 226 g/mol. The molecule has 0 amide bonds. The molecule has 0 saturated heterocycles. The summed E-state index contributed by atoms with van der Waals surface area (Å²) in [5.74, 6) is 1.79. The van der Waals surface area contributed by atoms with E-state index in [1.165, 1.54) is 0 Å². The van der Waals surface area contributed by atoms with Crippen LogP contribution in [-0.4, -0.2) is 26.8 Å². The molecule has 0 spiro atoms. The van der Waals surface area contributed by atoms with Gasteiger partial charge in [-0.25, -0.2) is 0 Å². The molecule has 0 unspecified atom stereocenters. The van der Waals surface area contributed by atoms with E-state index in [0.717, 1.165) is 31.1 Å². The van der Waals surface area contributed by atoms with Gasteiger partial charge >= 0.3 is 0 Å². The normalized spacial score (nSPS) is 11.3. The molecule has 18 heavy (non-hydrogen) atoms. The second-order valence-corrected chi connectivity index (χ2v) is 5.30. The first-order chi connectivity index (χ1) is 8.57. The Morgan fingerprint density at radius 3 is 2.11 bits per heavy atom. The lowest BCUT2D eigenvalue weighted by molar-refractivity contribution is 0.179. The molecule has 0 fully saturated rings. The van der Waals surface area contributed by atoms with Crippen LogP contribution >= 0.6 is 0 Å². The van der Waals surface area contributed by atoms with Gasteiger partial charge in [-0.05, 0) is 37.7 Å². The average Bonchev–Trinajstić information content (AvgIpc) is 2.35. The maximum absolute atomic E-state index is 5.79. The first kappa shape index (κ1) is 14.8. The van der Waals surface area contributed by atoms with Crippen molar-refractivity contribution in [1.29, 1.82) is 0 Å². The van der Waals surface area contributed by atoms with Crippen molar-refractivity contribution in [3.05, 3.63) is 24.3 Å². The van der Waals surface area contributed by atoms with Gasteiger partial charge in [-0.2, -0.15) is 0 Å². The van der Waals surface area contributed by atoms with Gasteiger partial charge in [-0.15, -0.1) is 0 Å². The molecule has 0 saturated carbocycles. The second-order valence-electron chi connectivity index (χ2n) is 5.30. The Balaban J connectivity index is 2.43. The molecule has 0 heterocycles. The van der Waals surface area contributed by atoms with Crippen LogP contribution in [0, 0.1) is 5.41 Å². The van der Waals surface area contributed by atoms with Crippen LogP contribution in [0.3, 0.4) is 0 Å². The third-order valence-corrected chi connectivity index (χ3v) is 2.58. The number of nitrogens with one attached hydrogen (secondary N) is 1. The minimum absolute atomic E-state index is 0.131. The number of hydrogen-bond acceptors (Lipinski definition) is 3. The topological polar surface area (TPSA) is 30.5 Å². The Labute approximate surface area is 110 Å². The summed E-state index contributed by atoms with van der Waals surface area (Å²) in [6.45, 7) is 8.86. The molecule has 1 rings (SSSR count). The molecular formula is C15H25NO2. The zero-order valence-corrected chi connectivity index (χ0v) is 12.0. The molecule has 0 atom stereocenters. The lowest BCUT2D eigenvalue weighted by Gasteiger charge is -2.24. The molecule has 0 aromatic heterocycles. The van der Waals surface area contributed by atoms with E-state index in [1.807, 2.05) is 31.3 Å². The predicted octanol–water partition coefficient (Wildman–Crippen LogP) is 3.10. The standard InChI is InChI=1S/C15H25NO2/c1-5-10-17-13-6-8-14(9-7-13)18-12-15(2,3)11-16-4/h6-9,16H,5,10-12H2,1-4H3. The first-order valence-electron chi connectivity index (χ1n) is 6.57. The van der Waals surface area contributed by atoms with E-state index in [2.05, 4.69) is 26.1 Å².